The van der Waals surface area contributed by atoms with E-state index < -0.39 is 0 Å². The number of nitrogens with two attached hydrogens (primary N) is 1. The minimum Gasteiger partial charge on any atom is -0.492 e. The van der Waals surface area contributed by atoms with Gasteiger partial charge in [0, 0.05) is 16.3 Å². The Balaban J connectivity index is 2.26. The number of aryl methyl sites for hydroxylation is 1. The van der Waals surface area contributed by atoms with Gasteiger partial charge in [0.1, 0.15) is 5.75 Å². The van der Waals surface area contributed by atoms with E-state index in [2.05, 4.69) is 5.32 Å². The third kappa shape index (κ3) is 3.67. The number of rotatable bonds is 4. The number of hydrogen-bond donors (Lipinski definition) is 2. The average molecular weight is 305 g/mol. The van der Waals surface area contributed by atoms with Crippen LogP contribution in [0.5, 0.6) is 5.75 Å². The van der Waals surface area contributed by atoms with Crippen LogP contribution in [0.1, 0.15) is 22.8 Å². The van der Waals surface area contributed by atoms with E-state index in [4.69, 9.17) is 22.1 Å². The highest BCUT2D eigenvalue weighted by Crippen LogP contribution is 2.28. The zero-order valence-corrected chi connectivity index (χ0v) is 12.7. The first kappa shape index (κ1) is 15.2. The van der Waals surface area contributed by atoms with Crippen molar-refractivity contribution in [2.75, 3.05) is 17.7 Å². The number of benzene rings is 2. The lowest BCUT2D eigenvalue weighted by atomic mass is 10.1. The van der Waals surface area contributed by atoms with E-state index in [1.165, 1.54) is 0 Å². The zero-order chi connectivity index (χ0) is 15.4. The van der Waals surface area contributed by atoms with Crippen LogP contribution in [-0.4, -0.2) is 12.5 Å². The molecule has 0 spiro atoms. The first-order chi connectivity index (χ1) is 10.0. The summed E-state index contributed by atoms with van der Waals surface area (Å²) < 4.78 is 5.48. The van der Waals surface area contributed by atoms with E-state index in [1.807, 2.05) is 13.8 Å². The Labute approximate surface area is 128 Å². The molecule has 0 atom stereocenters. The normalized spacial score (nSPS) is 10.2. The van der Waals surface area contributed by atoms with Gasteiger partial charge in [-0.25, -0.2) is 0 Å². The fourth-order valence-corrected chi connectivity index (χ4v) is 2.06. The molecule has 0 radical (unpaired) electrons. The van der Waals surface area contributed by atoms with Crippen LogP contribution in [0.3, 0.4) is 0 Å². The van der Waals surface area contributed by atoms with Crippen molar-refractivity contribution < 1.29 is 9.53 Å². The number of ether oxygens (including phenoxy) is 1. The number of carbonyl (C=O) groups is 1. The van der Waals surface area contributed by atoms with E-state index in [0.717, 1.165) is 5.56 Å². The third-order valence-electron chi connectivity index (χ3n) is 3.02. The van der Waals surface area contributed by atoms with Crippen LogP contribution in [0.2, 0.25) is 5.02 Å². The second-order valence-electron chi connectivity index (χ2n) is 4.60. The number of halogens is 1. The molecule has 0 aliphatic carbocycles. The molecule has 0 saturated heterocycles. The Kier molecular flexibility index (Phi) is 4.70. The molecule has 2 aromatic rings. The highest BCUT2D eigenvalue weighted by molar-refractivity contribution is 6.31. The Morgan fingerprint density at radius 3 is 2.71 bits per heavy atom. The lowest BCUT2D eigenvalue weighted by molar-refractivity contribution is 0.102. The number of nitrogens with one attached hydrogen (secondary N) is 1. The molecule has 0 aliphatic heterocycles. The van der Waals surface area contributed by atoms with Crippen molar-refractivity contribution in [3.05, 3.63) is 52.5 Å². The summed E-state index contributed by atoms with van der Waals surface area (Å²) in [7, 11) is 0. The summed E-state index contributed by atoms with van der Waals surface area (Å²) in [5.74, 6) is 0.351. The van der Waals surface area contributed by atoms with E-state index in [0.29, 0.717) is 34.3 Å². The van der Waals surface area contributed by atoms with Gasteiger partial charge in [-0.3, -0.25) is 4.79 Å². The summed E-state index contributed by atoms with van der Waals surface area (Å²) in [5.41, 5.74) is 8.35. The molecule has 3 N–H and O–H groups in total. The number of anilines is 2. The van der Waals surface area contributed by atoms with E-state index in [1.54, 1.807) is 36.4 Å². The van der Waals surface area contributed by atoms with Gasteiger partial charge in [0.25, 0.3) is 5.91 Å². The molecule has 5 heteroatoms. The van der Waals surface area contributed by atoms with Crippen LogP contribution < -0.4 is 15.8 Å². The second kappa shape index (κ2) is 6.50. The minimum atomic E-state index is -0.235. The number of nitrogen functional groups attached to an aromatic ring is 1. The quantitative estimate of drug-likeness (QED) is 0.842. The van der Waals surface area contributed by atoms with Crippen molar-refractivity contribution in [3.8, 4) is 5.75 Å². The second-order valence-corrected chi connectivity index (χ2v) is 5.04. The van der Waals surface area contributed by atoms with Crippen molar-refractivity contribution in [3.63, 3.8) is 0 Å². The molecule has 1 amide bonds. The van der Waals surface area contributed by atoms with Crippen molar-refractivity contribution in [2.24, 2.45) is 0 Å². The van der Waals surface area contributed by atoms with Crippen molar-refractivity contribution >= 4 is 28.9 Å². The van der Waals surface area contributed by atoms with Gasteiger partial charge >= 0.3 is 0 Å². The van der Waals surface area contributed by atoms with Crippen LogP contribution in [0.15, 0.2) is 36.4 Å². The molecule has 2 rings (SSSR count). The number of carbonyl (C=O) groups excluding carboxylic acids is 1. The predicted octanol–water partition coefficient (Wildman–Crippen LogP) is 3.88. The van der Waals surface area contributed by atoms with Crippen LogP contribution in [0, 0.1) is 6.92 Å². The molecule has 0 saturated carbocycles. The van der Waals surface area contributed by atoms with Gasteiger partial charge in [-0.1, -0.05) is 11.6 Å². The smallest absolute Gasteiger partial charge is 0.255 e. The maximum atomic E-state index is 12.3. The van der Waals surface area contributed by atoms with E-state index >= 15 is 0 Å². The van der Waals surface area contributed by atoms with Gasteiger partial charge in [0.15, 0.2) is 0 Å². The summed E-state index contributed by atoms with van der Waals surface area (Å²) in [6.45, 7) is 4.24. The molecule has 21 heavy (non-hydrogen) atoms. The summed E-state index contributed by atoms with van der Waals surface area (Å²) in [5, 5.41) is 3.34. The standard InChI is InChI=1S/C16H17ClN2O2/c1-3-21-15-7-5-12(17)9-14(15)19-16(20)11-4-6-13(18)10(2)8-11/h4-9H,3,18H2,1-2H3,(H,19,20). The molecule has 4 nitrogen and oxygen atoms in total. The van der Waals surface area contributed by atoms with Crippen LogP contribution in [0.25, 0.3) is 0 Å². The van der Waals surface area contributed by atoms with Gasteiger partial charge in [-0.15, -0.1) is 0 Å². The Morgan fingerprint density at radius 2 is 2.05 bits per heavy atom. The minimum absolute atomic E-state index is 0.235. The van der Waals surface area contributed by atoms with Crippen molar-refractivity contribution in [1.29, 1.82) is 0 Å². The SMILES string of the molecule is CCOc1ccc(Cl)cc1NC(=O)c1ccc(N)c(C)c1. The molecule has 0 fully saturated rings. The maximum Gasteiger partial charge on any atom is 0.255 e. The molecule has 0 unspecified atom stereocenters. The summed E-state index contributed by atoms with van der Waals surface area (Å²) in [4.78, 5) is 12.3. The molecular weight excluding hydrogens is 288 g/mol. The predicted molar refractivity (Wildman–Crippen MR) is 86.2 cm³/mol. The number of amides is 1. The molecule has 110 valence electrons. The van der Waals surface area contributed by atoms with Crippen molar-refractivity contribution in [1.82, 2.24) is 0 Å². The fraction of sp³-hybridized carbons (Fsp3) is 0.188. The lowest BCUT2D eigenvalue weighted by Gasteiger charge is -2.12. The van der Waals surface area contributed by atoms with Crippen LogP contribution in [-0.2, 0) is 0 Å². The first-order valence-electron chi connectivity index (χ1n) is 6.61. The van der Waals surface area contributed by atoms with Crippen molar-refractivity contribution in [2.45, 2.75) is 13.8 Å². The van der Waals surface area contributed by atoms with E-state index in [-0.39, 0.29) is 5.91 Å². The Hall–Kier alpha value is -2.20. The largest absolute Gasteiger partial charge is 0.492 e. The Bertz CT molecular complexity index is 671. The average Bonchev–Trinajstić information content (AvgIpc) is 2.45. The number of hydrogen-bond acceptors (Lipinski definition) is 3. The van der Waals surface area contributed by atoms with Gasteiger partial charge in [0.2, 0.25) is 0 Å². The molecule has 0 heterocycles. The van der Waals surface area contributed by atoms with Gasteiger partial charge in [-0.05, 0) is 55.8 Å². The summed E-state index contributed by atoms with van der Waals surface area (Å²) in [6.07, 6.45) is 0. The highest BCUT2D eigenvalue weighted by Gasteiger charge is 2.11. The fourth-order valence-electron chi connectivity index (χ4n) is 1.89. The maximum absolute atomic E-state index is 12.3. The first-order valence-corrected chi connectivity index (χ1v) is 6.99. The summed E-state index contributed by atoms with van der Waals surface area (Å²) in [6, 6.07) is 10.3. The van der Waals surface area contributed by atoms with Gasteiger partial charge in [-0.2, -0.15) is 0 Å². The molecule has 0 aromatic heterocycles. The topological polar surface area (TPSA) is 64.3 Å². The summed E-state index contributed by atoms with van der Waals surface area (Å²) >= 11 is 5.97. The highest BCUT2D eigenvalue weighted by atomic mass is 35.5. The Morgan fingerprint density at radius 1 is 1.29 bits per heavy atom. The molecular formula is C16H17ClN2O2. The monoisotopic (exact) mass is 304 g/mol. The van der Waals surface area contributed by atoms with E-state index in [9.17, 15) is 4.79 Å². The molecule has 0 bridgehead atoms. The van der Waals surface area contributed by atoms with Crippen LogP contribution >= 0.6 is 11.6 Å². The van der Waals surface area contributed by atoms with Gasteiger partial charge < -0.3 is 15.8 Å². The van der Waals surface area contributed by atoms with Crippen LogP contribution in [0.4, 0.5) is 11.4 Å². The zero-order valence-electron chi connectivity index (χ0n) is 11.9. The van der Waals surface area contributed by atoms with Gasteiger partial charge in [0.05, 0.1) is 12.3 Å². The molecule has 2 aromatic carbocycles. The third-order valence-corrected chi connectivity index (χ3v) is 3.26. The molecule has 0 aliphatic rings. The lowest BCUT2D eigenvalue weighted by Crippen LogP contribution is -2.13.